The summed E-state index contributed by atoms with van der Waals surface area (Å²) in [5.41, 5.74) is 8.23. The molecule has 1 nitrogen and oxygen atoms in total. The Morgan fingerprint density at radius 2 is 1.73 bits per heavy atom. The van der Waals surface area contributed by atoms with Gasteiger partial charge in [0, 0.05) is 11.3 Å². The molecule has 0 fully saturated rings. The molecule has 2 N–H and O–H groups in total. The predicted octanol–water partition coefficient (Wildman–Crippen LogP) is 2.33. The number of benzene rings is 1. The highest BCUT2D eigenvalue weighted by Gasteiger charge is 2.06. The molecule has 0 unspecified atom stereocenters. The Morgan fingerprint density at radius 1 is 1.18 bits per heavy atom. The Morgan fingerprint density at radius 3 is 2.27 bits per heavy atom. The van der Waals surface area contributed by atoms with Gasteiger partial charge in [-0.3, -0.25) is 0 Å². The van der Waals surface area contributed by atoms with Crippen LogP contribution in [0.1, 0.15) is 16.7 Å². The fourth-order valence-electron chi connectivity index (χ4n) is 1.03. The topological polar surface area (TPSA) is 26.0 Å². The smallest absolute Gasteiger partial charge is 0.131 e. The zero-order valence-corrected chi connectivity index (χ0v) is 7.03. The standard InChI is InChI=1S/C9H12FN/c1-5-4-8(11)7(3)9(10)6(5)2/h4H,11H2,1-3H3. The van der Waals surface area contributed by atoms with Gasteiger partial charge in [-0.2, -0.15) is 0 Å². The van der Waals surface area contributed by atoms with E-state index in [1.165, 1.54) is 0 Å². The molecule has 0 atom stereocenters. The normalized spacial score (nSPS) is 10.2. The SMILES string of the molecule is Cc1cc(N)c(C)c(F)c1C. The van der Waals surface area contributed by atoms with Gasteiger partial charge in [-0.15, -0.1) is 0 Å². The fourth-order valence-corrected chi connectivity index (χ4v) is 1.03. The van der Waals surface area contributed by atoms with Crippen LogP contribution in [0, 0.1) is 26.6 Å². The molecule has 60 valence electrons. The highest BCUT2D eigenvalue weighted by molar-refractivity contribution is 5.51. The minimum absolute atomic E-state index is 0.178. The number of nitrogens with two attached hydrogens (primary N) is 1. The summed E-state index contributed by atoms with van der Waals surface area (Å²) in [6.07, 6.45) is 0. The van der Waals surface area contributed by atoms with Gasteiger partial charge < -0.3 is 5.73 Å². The van der Waals surface area contributed by atoms with Crippen LogP contribution in [-0.4, -0.2) is 0 Å². The van der Waals surface area contributed by atoms with Gasteiger partial charge in [-0.25, -0.2) is 4.39 Å². The van der Waals surface area contributed by atoms with E-state index in [9.17, 15) is 4.39 Å². The van der Waals surface area contributed by atoms with Crippen LogP contribution < -0.4 is 5.73 Å². The second-order valence-electron chi connectivity index (χ2n) is 2.85. The molecule has 11 heavy (non-hydrogen) atoms. The van der Waals surface area contributed by atoms with Crippen LogP contribution >= 0.6 is 0 Å². The van der Waals surface area contributed by atoms with Crippen LogP contribution in [-0.2, 0) is 0 Å². The lowest BCUT2D eigenvalue weighted by Gasteiger charge is -2.07. The first kappa shape index (κ1) is 8.05. The average molecular weight is 153 g/mol. The highest BCUT2D eigenvalue weighted by Crippen LogP contribution is 2.21. The van der Waals surface area contributed by atoms with Crippen molar-refractivity contribution in [2.75, 3.05) is 5.73 Å². The third-order valence-electron chi connectivity index (χ3n) is 2.06. The summed E-state index contributed by atoms with van der Waals surface area (Å²) in [6, 6.07) is 1.80. The van der Waals surface area contributed by atoms with Gasteiger partial charge in [0.2, 0.25) is 0 Å². The van der Waals surface area contributed by atoms with E-state index in [4.69, 9.17) is 5.73 Å². The van der Waals surface area contributed by atoms with E-state index in [1.54, 1.807) is 19.9 Å². The summed E-state index contributed by atoms with van der Waals surface area (Å²) in [4.78, 5) is 0. The van der Waals surface area contributed by atoms with Crippen molar-refractivity contribution in [3.63, 3.8) is 0 Å². The molecule has 2 heteroatoms. The molecular weight excluding hydrogens is 141 g/mol. The Balaban J connectivity index is 3.46. The Hall–Kier alpha value is -1.05. The molecule has 0 radical (unpaired) electrons. The molecule has 0 spiro atoms. The molecule has 0 saturated heterocycles. The molecule has 0 saturated carbocycles. The van der Waals surface area contributed by atoms with Crippen LogP contribution in [0.4, 0.5) is 10.1 Å². The molecule has 0 heterocycles. The van der Waals surface area contributed by atoms with E-state index in [0.717, 1.165) is 5.56 Å². The van der Waals surface area contributed by atoms with Crippen LogP contribution in [0.5, 0.6) is 0 Å². The van der Waals surface area contributed by atoms with Crippen molar-refractivity contribution in [3.05, 3.63) is 28.6 Å². The van der Waals surface area contributed by atoms with Crippen molar-refractivity contribution in [3.8, 4) is 0 Å². The summed E-state index contributed by atoms with van der Waals surface area (Å²) in [5, 5.41) is 0. The van der Waals surface area contributed by atoms with Gasteiger partial charge in [0.1, 0.15) is 5.82 Å². The summed E-state index contributed by atoms with van der Waals surface area (Å²) in [7, 11) is 0. The molecule has 1 aromatic rings. The van der Waals surface area contributed by atoms with E-state index in [-0.39, 0.29) is 5.82 Å². The first-order chi connectivity index (χ1) is 5.04. The Bertz CT molecular complexity index is 266. The molecule has 0 aliphatic carbocycles. The van der Waals surface area contributed by atoms with Crippen LogP contribution in [0.2, 0.25) is 0 Å². The number of nitrogen functional groups attached to an aromatic ring is 1. The van der Waals surface area contributed by atoms with Gasteiger partial charge in [0.15, 0.2) is 0 Å². The monoisotopic (exact) mass is 153 g/mol. The summed E-state index contributed by atoms with van der Waals surface area (Å²) in [6.45, 7) is 5.31. The molecule has 0 aromatic heterocycles. The Kier molecular flexibility index (Phi) is 1.85. The molecule has 0 amide bonds. The molecule has 0 aliphatic rings. The van der Waals surface area contributed by atoms with Crippen LogP contribution in [0.15, 0.2) is 6.07 Å². The van der Waals surface area contributed by atoms with Crippen molar-refractivity contribution >= 4 is 5.69 Å². The van der Waals surface area contributed by atoms with Gasteiger partial charge in [0.05, 0.1) is 0 Å². The number of halogens is 1. The van der Waals surface area contributed by atoms with Crippen molar-refractivity contribution in [2.45, 2.75) is 20.8 Å². The zero-order chi connectivity index (χ0) is 8.59. The van der Waals surface area contributed by atoms with Gasteiger partial charge in [-0.05, 0) is 38.0 Å². The van der Waals surface area contributed by atoms with Gasteiger partial charge in [-0.1, -0.05) is 0 Å². The van der Waals surface area contributed by atoms with Crippen LogP contribution in [0.25, 0.3) is 0 Å². The number of hydrogen-bond donors (Lipinski definition) is 1. The van der Waals surface area contributed by atoms with Crippen molar-refractivity contribution in [1.29, 1.82) is 0 Å². The zero-order valence-electron chi connectivity index (χ0n) is 7.03. The minimum atomic E-state index is -0.178. The quantitative estimate of drug-likeness (QED) is 0.569. The fraction of sp³-hybridized carbons (Fsp3) is 0.333. The lowest BCUT2D eigenvalue weighted by molar-refractivity contribution is 0.608. The third-order valence-corrected chi connectivity index (χ3v) is 2.06. The molecule has 1 aromatic carbocycles. The highest BCUT2D eigenvalue weighted by atomic mass is 19.1. The second-order valence-corrected chi connectivity index (χ2v) is 2.85. The number of anilines is 1. The molecule has 1 rings (SSSR count). The van der Waals surface area contributed by atoms with Gasteiger partial charge >= 0.3 is 0 Å². The minimum Gasteiger partial charge on any atom is -0.398 e. The largest absolute Gasteiger partial charge is 0.398 e. The predicted molar refractivity (Wildman–Crippen MR) is 45.0 cm³/mol. The van der Waals surface area contributed by atoms with Gasteiger partial charge in [0.25, 0.3) is 0 Å². The maximum atomic E-state index is 13.2. The average Bonchev–Trinajstić information content (AvgIpc) is 1.97. The maximum absolute atomic E-state index is 13.2. The third kappa shape index (κ3) is 1.20. The van der Waals surface area contributed by atoms with Crippen molar-refractivity contribution < 1.29 is 4.39 Å². The van der Waals surface area contributed by atoms with E-state index in [1.807, 2.05) is 6.92 Å². The lowest BCUT2D eigenvalue weighted by atomic mass is 10.0. The molecule has 0 bridgehead atoms. The van der Waals surface area contributed by atoms with Crippen molar-refractivity contribution in [1.82, 2.24) is 0 Å². The van der Waals surface area contributed by atoms with E-state index in [2.05, 4.69) is 0 Å². The summed E-state index contributed by atoms with van der Waals surface area (Å²) < 4.78 is 13.2. The number of rotatable bonds is 0. The molecule has 0 aliphatic heterocycles. The first-order valence-electron chi connectivity index (χ1n) is 3.56. The first-order valence-corrected chi connectivity index (χ1v) is 3.56. The number of aryl methyl sites for hydroxylation is 1. The summed E-state index contributed by atoms with van der Waals surface area (Å²) >= 11 is 0. The van der Waals surface area contributed by atoms with Crippen molar-refractivity contribution in [2.24, 2.45) is 0 Å². The van der Waals surface area contributed by atoms with E-state index in [0.29, 0.717) is 16.8 Å². The lowest BCUT2D eigenvalue weighted by Crippen LogP contribution is -1.97. The second kappa shape index (κ2) is 2.53. The van der Waals surface area contributed by atoms with E-state index >= 15 is 0 Å². The Labute approximate surface area is 66.0 Å². The number of hydrogen-bond acceptors (Lipinski definition) is 1. The van der Waals surface area contributed by atoms with Crippen LogP contribution in [0.3, 0.4) is 0 Å². The molecular formula is C9H12FN. The van der Waals surface area contributed by atoms with E-state index < -0.39 is 0 Å². The maximum Gasteiger partial charge on any atom is 0.131 e. The summed E-state index contributed by atoms with van der Waals surface area (Å²) in [5.74, 6) is -0.178.